The van der Waals surface area contributed by atoms with E-state index in [1.165, 1.54) is 40.4 Å². The Morgan fingerprint density at radius 3 is 2.78 bits per heavy atom. The second kappa shape index (κ2) is 6.39. The highest BCUT2D eigenvalue weighted by Crippen LogP contribution is 2.31. The van der Waals surface area contributed by atoms with Gasteiger partial charge in [-0.1, -0.05) is 30.3 Å². The molecule has 4 rings (SSSR count). The molecular formula is C20H21N3. The number of hydrogen-bond acceptors (Lipinski definition) is 3. The predicted octanol–water partition coefficient (Wildman–Crippen LogP) is 4.07. The van der Waals surface area contributed by atoms with Gasteiger partial charge in [-0.2, -0.15) is 0 Å². The first-order valence-corrected chi connectivity index (χ1v) is 8.30. The molecule has 1 unspecified atom stereocenters. The minimum Gasteiger partial charge on any atom is -0.381 e. The van der Waals surface area contributed by atoms with E-state index in [-0.39, 0.29) is 0 Å². The van der Waals surface area contributed by atoms with Gasteiger partial charge in [-0.25, -0.2) is 0 Å². The maximum Gasteiger partial charge on any atom is 0.0429 e. The first-order valence-electron chi connectivity index (χ1n) is 8.30. The summed E-state index contributed by atoms with van der Waals surface area (Å²) in [5.74, 6) is 0. The van der Waals surface area contributed by atoms with Crippen LogP contribution in [0.2, 0.25) is 0 Å². The average molecular weight is 303 g/mol. The molecule has 2 aromatic carbocycles. The predicted molar refractivity (Wildman–Crippen MR) is 96.7 cm³/mol. The Bertz CT molecular complexity index is 792. The highest BCUT2D eigenvalue weighted by atomic mass is 15.0. The van der Waals surface area contributed by atoms with E-state index in [4.69, 9.17) is 0 Å². The number of pyridine rings is 1. The topological polar surface area (TPSA) is 37.0 Å². The molecule has 0 spiro atoms. The molecule has 3 nitrogen and oxygen atoms in total. The zero-order chi connectivity index (χ0) is 15.5. The van der Waals surface area contributed by atoms with Crippen LogP contribution in [-0.2, 0) is 0 Å². The van der Waals surface area contributed by atoms with Crippen LogP contribution in [0.3, 0.4) is 0 Å². The Kier molecular flexibility index (Phi) is 3.95. The van der Waals surface area contributed by atoms with E-state index >= 15 is 0 Å². The van der Waals surface area contributed by atoms with E-state index in [1.54, 1.807) is 0 Å². The lowest BCUT2D eigenvalue weighted by Gasteiger charge is -2.26. The Hall–Kier alpha value is -2.39. The molecule has 0 radical (unpaired) electrons. The first kappa shape index (κ1) is 14.2. The number of nitrogens with zero attached hydrogens (tertiary/aromatic N) is 1. The maximum atomic E-state index is 4.30. The number of nitrogens with one attached hydrogen (secondary N) is 2. The summed E-state index contributed by atoms with van der Waals surface area (Å²) in [6.45, 7) is 2.16. The number of benzene rings is 2. The lowest BCUT2D eigenvalue weighted by Crippen LogP contribution is -2.38. The normalized spacial score (nSPS) is 18.0. The minimum absolute atomic E-state index is 0.492. The van der Waals surface area contributed by atoms with E-state index in [0.29, 0.717) is 6.04 Å². The third-order valence-electron chi connectivity index (χ3n) is 4.52. The molecule has 0 amide bonds. The molecule has 3 heteroatoms. The summed E-state index contributed by atoms with van der Waals surface area (Å²) in [6.07, 6.45) is 6.27. The SMILES string of the molecule is c1ccc(-c2cc(NC3CCCNC3)c3ccncc3c2)cc1. The van der Waals surface area contributed by atoms with Crippen LogP contribution in [0.15, 0.2) is 60.9 Å². The van der Waals surface area contributed by atoms with Crippen LogP contribution >= 0.6 is 0 Å². The quantitative estimate of drug-likeness (QED) is 0.766. The van der Waals surface area contributed by atoms with Crippen molar-refractivity contribution in [3.63, 3.8) is 0 Å². The summed E-state index contributed by atoms with van der Waals surface area (Å²) in [6, 6.07) is 17.6. The van der Waals surface area contributed by atoms with Crippen molar-refractivity contribution in [3.8, 4) is 11.1 Å². The van der Waals surface area contributed by atoms with Gasteiger partial charge in [0, 0.05) is 41.4 Å². The highest BCUT2D eigenvalue weighted by Gasteiger charge is 2.14. The summed E-state index contributed by atoms with van der Waals surface area (Å²) < 4.78 is 0. The van der Waals surface area contributed by atoms with Gasteiger partial charge in [-0.3, -0.25) is 4.98 Å². The second-order valence-corrected chi connectivity index (χ2v) is 6.17. The van der Waals surface area contributed by atoms with Gasteiger partial charge in [0.05, 0.1) is 0 Å². The van der Waals surface area contributed by atoms with Crippen molar-refractivity contribution in [2.75, 3.05) is 18.4 Å². The van der Waals surface area contributed by atoms with E-state index in [0.717, 1.165) is 13.1 Å². The summed E-state index contributed by atoms with van der Waals surface area (Å²) in [5, 5.41) is 9.64. The largest absolute Gasteiger partial charge is 0.381 e. The van der Waals surface area contributed by atoms with Gasteiger partial charge in [-0.05, 0) is 48.7 Å². The highest BCUT2D eigenvalue weighted by molar-refractivity contribution is 5.97. The fourth-order valence-electron chi connectivity index (χ4n) is 3.32. The molecule has 1 saturated heterocycles. The lowest BCUT2D eigenvalue weighted by molar-refractivity contribution is 0.480. The number of aromatic nitrogens is 1. The standard InChI is InChI=1S/C20H21N3/c1-2-5-15(6-3-1)16-11-17-13-22-10-8-19(17)20(12-16)23-18-7-4-9-21-14-18/h1-3,5-6,8,10-13,18,21,23H,4,7,9,14H2. The molecule has 23 heavy (non-hydrogen) atoms. The van der Waals surface area contributed by atoms with Crippen LogP contribution in [-0.4, -0.2) is 24.1 Å². The van der Waals surface area contributed by atoms with Crippen molar-refractivity contribution in [1.29, 1.82) is 0 Å². The van der Waals surface area contributed by atoms with Crippen molar-refractivity contribution in [2.45, 2.75) is 18.9 Å². The van der Waals surface area contributed by atoms with Crippen LogP contribution in [0.5, 0.6) is 0 Å². The van der Waals surface area contributed by atoms with Crippen molar-refractivity contribution in [1.82, 2.24) is 10.3 Å². The van der Waals surface area contributed by atoms with Gasteiger partial charge in [0.25, 0.3) is 0 Å². The van der Waals surface area contributed by atoms with E-state index in [9.17, 15) is 0 Å². The van der Waals surface area contributed by atoms with E-state index in [1.807, 2.05) is 12.4 Å². The number of fused-ring (bicyclic) bond motifs is 1. The molecule has 1 atom stereocenters. The number of hydrogen-bond donors (Lipinski definition) is 2. The Morgan fingerprint density at radius 2 is 1.96 bits per heavy atom. The zero-order valence-corrected chi connectivity index (χ0v) is 13.1. The van der Waals surface area contributed by atoms with Crippen molar-refractivity contribution in [3.05, 3.63) is 60.9 Å². The number of piperidine rings is 1. The summed E-state index contributed by atoms with van der Waals surface area (Å²) in [4.78, 5) is 4.30. The van der Waals surface area contributed by atoms with Crippen LogP contribution < -0.4 is 10.6 Å². The van der Waals surface area contributed by atoms with Gasteiger partial charge in [0.15, 0.2) is 0 Å². The average Bonchev–Trinajstić information content (AvgIpc) is 2.63. The van der Waals surface area contributed by atoms with Crippen molar-refractivity contribution >= 4 is 16.5 Å². The lowest BCUT2D eigenvalue weighted by atomic mass is 9.99. The van der Waals surface area contributed by atoms with Crippen LogP contribution in [0.1, 0.15) is 12.8 Å². The fourth-order valence-corrected chi connectivity index (χ4v) is 3.32. The van der Waals surface area contributed by atoms with Crippen molar-refractivity contribution < 1.29 is 0 Å². The molecule has 0 saturated carbocycles. The molecule has 1 aliphatic heterocycles. The molecule has 2 heterocycles. The molecular weight excluding hydrogens is 282 g/mol. The van der Waals surface area contributed by atoms with Crippen molar-refractivity contribution in [2.24, 2.45) is 0 Å². The molecule has 3 aromatic rings. The van der Waals surface area contributed by atoms with Gasteiger partial charge in [0.2, 0.25) is 0 Å². The zero-order valence-electron chi connectivity index (χ0n) is 13.1. The van der Waals surface area contributed by atoms with Crippen LogP contribution in [0.25, 0.3) is 21.9 Å². The third kappa shape index (κ3) is 3.06. The Balaban J connectivity index is 1.77. The summed E-state index contributed by atoms with van der Waals surface area (Å²) >= 11 is 0. The molecule has 1 fully saturated rings. The summed E-state index contributed by atoms with van der Waals surface area (Å²) in [5.41, 5.74) is 3.68. The minimum atomic E-state index is 0.492. The molecule has 0 bridgehead atoms. The molecule has 116 valence electrons. The first-order chi connectivity index (χ1) is 11.4. The van der Waals surface area contributed by atoms with E-state index in [2.05, 4.69) is 64.1 Å². The van der Waals surface area contributed by atoms with Crippen LogP contribution in [0.4, 0.5) is 5.69 Å². The summed E-state index contributed by atoms with van der Waals surface area (Å²) in [7, 11) is 0. The second-order valence-electron chi connectivity index (χ2n) is 6.17. The van der Waals surface area contributed by atoms with E-state index < -0.39 is 0 Å². The molecule has 1 aliphatic rings. The number of rotatable bonds is 3. The Morgan fingerprint density at radius 1 is 1.04 bits per heavy atom. The molecule has 2 N–H and O–H groups in total. The monoisotopic (exact) mass is 303 g/mol. The van der Waals surface area contributed by atoms with Crippen LogP contribution in [0, 0.1) is 0 Å². The maximum absolute atomic E-state index is 4.30. The number of anilines is 1. The van der Waals surface area contributed by atoms with Gasteiger partial charge >= 0.3 is 0 Å². The smallest absolute Gasteiger partial charge is 0.0429 e. The van der Waals surface area contributed by atoms with Gasteiger partial charge in [-0.15, -0.1) is 0 Å². The molecule has 0 aliphatic carbocycles. The molecule has 1 aromatic heterocycles. The van der Waals surface area contributed by atoms with Gasteiger partial charge in [0.1, 0.15) is 0 Å². The Labute approximate surface area is 136 Å². The fraction of sp³-hybridized carbons (Fsp3) is 0.250. The third-order valence-corrected chi connectivity index (χ3v) is 4.52. The van der Waals surface area contributed by atoms with Gasteiger partial charge < -0.3 is 10.6 Å².